The maximum absolute atomic E-state index is 13.3. The lowest BCUT2D eigenvalue weighted by molar-refractivity contribution is 0.148. The summed E-state index contributed by atoms with van der Waals surface area (Å²) in [5, 5.41) is 0. The Morgan fingerprint density at radius 3 is 2.76 bits per heavy atom. The van der Waals surface area contributed by atoms with Gasteiger partial charge in [-0.25, -0.2) is 18.7 Å². The van der Waals surface area contributed by atoms with Crippen LogP contribution in [0, 0.1) is 6.92 Å². The number of nitrogens with zero attached hydrogens (tertiary/aromatic N) is 3. The summed E-state index contributed by atoms with van der Waals surface area (Å²) in [5.41, 5.74) is 0.903. The van der Waals surface area contributed by atoms with Gasteiger partial charge in [-0.2, -0.15) is 0 Å². The number of aromatic nitrogens is 4. The van der Waals surface area contributed by atoms with Crippen molar-refractivity contribution in [2.75, 3.05) is 0 Å². The van der Waals surface area contributed by atoms with E-state index in [4.69, 9.17) is 0 Å². The lowest BCUT2D eigenvalue weighted by Crippen LogP contribution is -2.10. The highest BCUT2D eigenvalue weighted by atomic mass is 19.3. The summed E-state index contributed by atoms with van der Waals surface area (Å²) < 4.78 is 28.2. The highest BCUT2D eigenvalue weighted by molar-refractivity contribution is 5.77. The second-order valence-electron chi connectivity index (χ2n) is 4.90. The third kappa shape index (κ3) is 2.09. The van der Waals surface area contributed by atoms with E-state index < -0.39 is 6.43 Å². The van der Waals surface area contributed by atoms with Crippen LogP contribution in [0.3, 0.4) is 0 Å². The fourth-order valence-corrected chi connectivity index (χ4v) is 2.57. The van der Waals surface area contributed by atoms with Crippen molar-refractivity contribution in [1.29, 1.82) is 0 Å². The Balaban J connectivity index is 2.55. The van der Waals surface area contributed by atoms with Crippen molar-refractivity contribution in [3.63, 3.8) is 0 Å². The lowest BCUT2D eigenvalue weighted by atomic mass is 10.2. The van der Waals surface area contributed by atoms with Gasteiger partial charge in [-0.05, 0) is 19.4 Å². The fourth-order valence-electron chi connectivity index (χ4n) is 2.57. The van der Waals surface area contributed by atoms with Gasteiger partial charge in [-0.3, -0.25) is 9.20 Å². The molecule has 0 aliphatic carbocycles. The van der Waals surface area contributed by atoms with Gasteiger partial charge in [0.15, 0.2) is 0 Å². The van der Waals surface area contributed by atoms with Crippen LogP contribution < -0.4 is 5.56 Å². The minimum Gasteiger partial charge on any atom is -0.306 e. The number of hydrogen-bond acceptors (Lipinski definition) is 3. The van der Waals surface area contributed by atoms with Crippen LogP contribution in [0.25, 0.3) is 16.7 Å². The number of H-pyrrole nitrogens is 1. The van der Waals surface area contributed by atoms with Gasteiger partial charge in [0.25, 0.3) is 6.43 Å². The zero-order valence-electron chi connectivity index (χ0n) is 11.7. The third-order valence-corrected chi connectivity index (χ3v) is 3.39. The first-order chi connectivity index (χ1) is 10.0. The Hall–Kier alpha value is -2.31. The number of pyridine rings is 1. The molecule has 0 atom stereocenters. The van der Waals surface area contributed by atoms with E-state index in [1.54, 1.807) is 11.3 Å². The molecule has 0 spiro atoms. The predicted octanol–water partition coefficient (Wildman–Crippen LogP) is 2.77. The van der Waals surface area contributed by atoms with Gasteiger partial charge in [0, 0.05) is 12.5 Å². The van der Waals surface area contributed by atoms with Gasteiger partial charge in [-0.1, -0.05) is 6.92 Å². The van der Waals surface area contributed by atoms with Gasteiger partial charge >= 0.3 is 0 Å². The van der Waals surface area contributed by atoms with Crippen LogP contribution in [0.1, 0.15) is 37.0 Å². The Bertz CT molecular complexity index is 882. The zero-order valence-corrected chi connectivity index (χ0v) is 11.7. The average Bonchev–Trinajstić information content (AvgIpc) is 2.76. The van der Waals surface area contributed by atoms with E-state index in [2.05, 4.69) is 15.0 Å². The molecule has 0 bridgehead atoms. The maximum Gasteiger partial charge on any atom is 0.282 e. The van der Waals surface area contributed by atoms with Crippen molar-refractivity contribution < 1.29 is 8.78 Å². The molecule has 3 aromatic heterocycles. The van der Waals surface area contributed by atoms with E-state index in [1.165, 1.54) is 12.1 Å². The molecule has 110 valence electrons. The fraction of sp³-hybridized carbons (Fsp3) is 0.357. The molecule has 1 N–H and O–H groups in total. The van der Waals surface area contributed by atoms with Crippen LogP contribution in [0.4, 0.5) is 8.78 Å². The van der Waals surface area contributed by atoms with Crippen LogP contribution in [-0.2, 0) is 6.42 Å². The van der Waals surface area contributed by atoms with Crippen LogP contribution in [0.2, 0.25) is 0 Å². The molecule has 0 aliphatic heterocycles. The SMILES string of the molecule is CCCc1nc(C)c2c(C(F)F)nc3ccc(=O)[nH]c3n12. The monoisotopic (exact) mass is 292 g/mol. The van der Waals surface area contributed by atoms with E-state index in [0.29, 0.717) is 29.1 Å². The number of rotatable bonds is 3. The molecule has 0 unspecified atom stereocenters. The molecule has 3 aromatic rings. The van der Waals surface area contributed by atoms with Crippen LogP contribution in [0.15, 0.2) is 16.9 Å². The number of imidazole rings is 1. The molecule has 0 saturated heterocycles. The Morgan fingerprint density at radius 2 is 2.10 bits per heavy atom. The van der Waals surface area contributed by atoms with E-state index in [-0.39, 0.29) is 16.8 Å². The predicted molar refractivity (Wildman–Crippen MR) is 74.8 cm³/mol. The van der Waals surface area contributed by atoms with Crippen molar-refractivity contribution in [2.24, 2.45) is 0 Å². The van der Waals surface area contributed by atoms with Crippen molar-refractivity contribution in [2.45, 2.75) is 33.1 Å². The second-order valence-corrected chi connectivity index (χ2v) is 4.90. The molecule has 3 heterocycles. The normalized spacial score (nSPS) is 11.9. The number of hydrogen-bond donors (Lipinski definition) is 1. The van der Waals surface area contributed by atoms with E-state index in [1.807, 2.05) is 6.92 Å². The van der Waals surface area contributed by atoms with Crippen LogP contribution >= 0.6 is 0 Å². The molecule has 0 amide bonds. The number of halogens is 2. The molecule has 0 aromatic carbocycles. The number of aryl methyl sites for hydroxylation is 2. The molecule has 0 fully saturated rings. The first-order valence-corrected chi connectivity index (χ1v) is 6.72. The van der Waals surface area contributed by atoms with Gasteiger partial charge in [0.2, 0.25) is 5.56 Å². The number of fused-ring (bicyclic) bond motifs is 3. The Morgan fingerprint density at radius 1 is 1.33 bits per heavy atom. The summed E-state index contributed by atoms with van der Waals surface area (Å²) in [4.78, 5) is 22.6. The minimum atomic E-state index is -2.70. The molecule has 0 radical (unpaired) electrons. The topological polar surface area (TPSA) is 63.0 Å². The molecular weight excluding hydrogens is 278 g/mol. The molecule has 0 aliphatic rings. The van der Waals surface area contributed by atoms with Crippen molar-refractivity contribution in [3.8, 4) is 0 Å². The highest BCUT2D eigenvalue weighted by Gasteiger charge is 2.22. The molecule has 0 saturated carbocycles. The second kappa shape index (κ2) is 4.91. The number of nitrogens with one attached hydrogen (secondary N) is 1. The average molecular weight is 292 g/mol. The maximum atomic E-state index is 13.3. The molecule has 3 rings (SSSR count). The van der Waals surface area contributed by atoms with Gasteiger partial charge in [0.1, 0.15) is 22.7 Å². The van der Waals surface area contributed by atoms with E-state index in [9.17, 15) is 13.6 Å². The van der Waals surface area contributed by atoms with Crippen LogP contribution in [-0.4, -0.2) is 19.4 Å². The third-order valence-electron chi connectivity index (χ3n) is 3.39. The van der Waals surface area contributed by atoms with Gasteiger partial charge < -0.3 is 4.98 Å². The summed E-state index contributed by atoms with van der Waals surface area (Å²) in [5.74, 6) is 0.654. The van der Waals surface area contributed by atoms with Crippen molar-refractivity contribution in [3.05, 3.63) is 39.7 Å². The quantitative estimate of drug-likeness (QED) is 0.807. The number of alkyl halides is 2. The summed E-state index contributed by atoms with van der Waals surface area (Å²) in [6.45, 7) is 3.66. The van der Waals surface area contributed by atoms with Crippen molar-refractivity contribution in [1.82, 2.24) is 19.4 Å². The molecule has 21 heavy (non-hydrogen) atoms. The standard InChI is InChI=1S/C14H14F2N4O/c1-3-4-9-17-7(2)12-11(13(15)16)18-8-5-6-10(21)19-14(8)20(9)12/h5-6,13H,3-4H2,1-2H3,(H,19,21). The Kier molecular flexibility index (Phi) is 3.19. The molecular formula is C14H14F2N4O. The van der Waals surface area contributed by atoms with Gasteiger partial charge in [0.05, 0.1) is 11.2 Å². The Labute approximate surface area is 118 Å². The highest BCUT2D eigenvalue weighted by Crippen LogP contribution is 2.28. The van der Waals surface area contributed by atoms with Gasteiger partial charge in [-0.15, -0.1) is 0 Å². The summed E-state index contributed by atoms with van der Waals surface area (Å²) in [6.07, 6.45) is -1.24. The smallest absolute Gasteiger partial charge is 0.282 e. The minimum absolute atomic E-state index is 0.280. The van der Waals surface area contributed by atoms with Crippen LogP contribution in [0.5, 0.6) is 0 Å². The van der Waals surface area contributed by atoms with E-state index in [0.717, 1.165) is 6.42 Å². The summed E-state index contributed by atoms with van der Waals surface area (Å²) in [7, 11) is 0. The first kappa shape index (κ1) is 13.7. The molecule has 7 heteroatoms. The number of aromatic amines is 1. The molecule has 5 nitrogen and oxygen atoms in total. The largest absolute Gasteiger partial charge is 0.306 e. The summed E-state index contributed by atoms with van der Waals surface area (Å²) in [6, 6.07) is 2.73. The zero-order chi connectivity index (χ0) is 15.1. The van der Waals surface area contributed by atoms with E-state index >= 15 is 0 Å². The lowest BCUT2D eigenvalue weighted by Gasteiger charge is -2.09. The van der Waals surface area contributed by atoms with Crippen molar-refractivity contribution >= 4 is 16.7 Å². The summed E-state index contributed by atoms with van der Waals surface area (Å²) >= 11 is 0. The first-order valence-electron chi connectivity index (χ1n) is 6.72.